The van der Waals surface area contributed by atoms with E-state index >= 15 is 0 Å². The van der Waals surface area contributed by atoms with Crippen molar-refractivity contribution >= 4 is 28.5 Å². The quantitative estimate of drug-likeness (QED) is 0.441. The summed E-state index contributed by atoms with van der Waals surface area (Å²) in [7, 11) is -1.20. The molecular weight excluding hydrogens is 351 g/mol. The van der Waals surface area contributed by atoms with Crippen LogP contribution in [0.2, 0.25) is 0 Å². The predicted molar refractivity (Wildman–Crippen MR) is 114 cm³/mol. The Morgan fingerprint density at radius 1 is 0.741 bits per heavy atom. The first kappa shape index (κ1) is 17.6. The molecule has 0 aromatic heterocycles. The van der Waals surface area contributed by atoms with Crippen molar-refractivity contribution in [2.24, 2.45) is 0 Å². The first-order chi connectivity index (χ1) is 13.2. The van der Waals surface area contributed by atoms with Gasteiger partial charge in [-0.25, -0.2) is 0 Å². The Labute approximate surface area is 159 Å². The first-order valence-corrected chi connectivity index (χ1v) is 10.9. The van der Waals surface area contributed by atoms with Crippen LogP contribution in [0, 0.1) is 0 Å². The van der Waals surface area contributed by atoms with E-state index in [1.165, 1.54) is 0 Å². The molecule has 1 unspecified atom stereocenters. The van der Waals surface area contributed by atoms with Gasteiger partial charge in [-0.1, -0.05) is 84.9 Å². The van der Waals surface area contributed by atoms with E-state index < -0.39 is 7.14 Å². The fourth-order valence-corrected chi connectivity index (χ4v) is 6.43. The molecule has 0 aliphatic rings. The summed E-state index contributed by atoms with van der Waals surface area (Å²) in [5.74, 6) is 0.804. The molecule has 27 heavy (non-hydrogen) atoms. The minimum atomic E-state index is -2.86. The van der Waals surface area contributed by atoms with Crippen molar-refractivity contribution < 1.29 is 9.30 Å². The van der Waals surface area contributed by atoms with Crippen LogP contribution >= 0.6 is 7.14 Å². The van der Waals surface area contributed by atoms with E-state index in [4.69, 9.17) is 4.74 Å². The zero-order valence-corrected chi connectivity index (χ0v) is 16.1. The van der Waals surface area contributed by atoms with Crippen molar-refractivity contribution in [2.75, 3.05) is 7.11 Å². The number of rotatable bonds is 5. The average Bonchev–Trinajstić information content (AvgIpc) is 2.74. The summed E-state index contributed by atoms with van der Waals surface area (Å²) < 4.78 is 19.8. The lowest BCUT2D eigenvalue weighted by Gasteiger charge is -2.21. The Bertz CT molecular complexity index is 1100. The molecule has 0 saturated heterocycles. The van der Waals surface area contributed by atoms with E-state index in [9.17, 15) is 4.57 Å². The topological polar surface area (TPSA) is 26.3 Å². The van der Waals surface area contributed by atoms with Gasteiger partial charge in [-0.15, -0.1) is 0 Å². The second-order valence-corrected chi connectivity index (χ2v) is 9.37. The monoisotopic (exact) mass is 372 g/mol. The van der Waals surface area contributed by atoms with E-state index in [0.717, 1.165) is 32.7 Å². The molecule has 4 aromatic rings. The summed E-state index contributed by atoms with van der Waals surface area (Å²) in [6.45, 7) is 0. The zero-order chi connectivity index (χ0) is 18.7. The van der Waals surface area contributed by atoms with Crippen molar-refractivity contribution in [2.45, 2.75) is 6.16 Å². The van der Waals surface area contributed by atoms with Gasteiger partial charge in [0.15, 0.2) is 0 Å². The Kier molecular flexibility index (Phi) is 4.83. The van der Waals surface area contributed by atoms with Gasteiger partial charge in [-0.05, 0) is 28.5 Å². The molecule has 134 valence electrons. The fraction of sp³-hybridized carbons (Fsp3) is 0.0833. The van der Waals surface area contributed by atoms with Gasteiger partial charge in [-0.3, -0.25) is 0 Å². The standard InChI is InChI=1S/C24H21O2P/c1-26-21-16-14-19(15-17-21)18-27(25,22-10-3-2-4-11-22)24-13-7-9-20-8-5-6-12-23(20)24/h2-17H,18H2,1H3. The maximum Gasteiger partial charge on any atom is 0.148 e. The van der Waals surface area contributed by atoms with Crippen LogP contribution in [0.5, 0.6) is 5.75 Å². The van der Waals surface area contributed by atoms with Gasteiger partial charge in [0.2, 0.25) is 0 Å². The molecule has 1 atom stereocenters. The summed E-state index contributed by atoms with van der Waals surface area (Å²) in [6.07, 6.45) is 0.481. The SMILES string of the molecule is COc1ccc(CP(=O)(c2ccccc2)c2cccc3ccccc23)cc1. The molecule has 0 spiro atoms. The molecule has 0 heterocycles. The summed E-state index contributed by atoms with van der Waals surface area (Å²) >= 11 is 0. The highest BCUT2D eigenvalue weighted by molar-refractivity contribution is 7.78. The number of ether oxygens (including phenoxy) is 1. The van der Waals surface area contributed by atoms with Crippen LogP contribution < -0.4 is 15.3 Å². The van der Waals surface area contributed by atoms with Crippen molar-refractivity contribution in [1.82, 2.24) is 0 Å². The number of benzene rings is 4. The maximum atomic E-state index is 14.5. The van der Waals surface area contributed by atoms with Crippen molar-refractivity contribution in [3.8, 4) is 5.75 Å². The molecule has 3 heteroatoms. The molecule has 0 radical (unpaired) electrons. The number of hydrogen-bond donors (Lipinski definition) is 0. The molecule has 0 bridgehead atoms. The van der Waals surface area contributed by atoms with Gasteiger partial charge < -0.3 is 9.30 Å². The van der Waals surface area contributed by atoms with Gasteiger partial charge in [0, 0.05) is 16.8 Å². The molecule has 0 amide bonds. The van der Waals surface area contributed by atoms with Gasteiger partial charge in [-0.2, -0.15) is 0 Å². The van der Waals surface area contributed by atoms with Gasteiger partial charge in [0.05, 0.1) is 7.11 Å². The summed E-state index contributed by atoms with van der Waals surface area (Å²) in [6, 6.07) is 31.9. The Morgan fingerprint density at radius 3 is 2.15 bits per heavy atom. The molecule has 0 N–H and O–H groups in total. The van der Waals surface area contributed by atoms with Gasteiger partial charge >= 0.3 is 0 Å². The summed E-state index contributed by atoms with van der Waals surface area (Å²) in [4.78, 5) is 0. The molecular formula is C24H21O2P. The van der Waals surface area contributed by atoms with E-state index in [0.29, 0.717) is 6.16 Å². The molecule has 2 nitrogen and oxygen atoms in total. The van der Waals surface area contributed by atoms with Gasteiger partial charge in [0.25, 0.3) is 0 Å². The normalized spacial score (nSPS) is 13.2. The Morgan fingerprint density at radius 2 is 1.41 bits per heavy atom. The Balaban J connectivity index is 1.89. The molecule has 0 aliphatic carbocycles. The summed E-state index contributed by atoms with van der Waals surface area (Å²) in [5, 5.41) is 3.97. The van der Waals surface area contributed by atoms with Crippen LogP contribution in [0.4, 0.5) is 0 Å². The van der Waals surface area contributed by atoms with Crippen LogP contribution in [0.25, 0.3) is 10.8 Å². The number of methoxy groups -OCH3 is 1. The van der Waals surface area contributed by atoms with Crippen LogP contribution in [-0.4, -0.2) is 7.11 Å². The molecule has 4 aromatic carbocycles. The second kappa shape index (κ2) is 7.42. The first-order valence-electron chi connectivity index (χ1n) is 8.97. The maximum absolute atomic E-state index is 14.5. The van der Waals surface area contributed by atoms with Crippen LogP contribution in [0.1, 0.15) is 5.56 Å². The van der Waals surface area contributed by atoms with Crippen molar-refractivity contribution in [3.63, 3.8) is 0 Å². The smallest absolute Gasteiger partial charge is 0.148 e. The third kappa shape index (κ3) is 3.41. The number of hydrogen-bond acceptors (Lipinski definition) is 2. The molecule has 0 saturated carbocycles. The predicted octanol–water partition coefficient (Wildman–Crippen LogP) is 5.36. The summed E-state index contributed by atoms with van der Waals surface area (Å²) in [5.41, 5.74) is 1.04. The second-order valence-electron chi connectivity index (χ2n) is 6.58. The van der Waals surface area contributed by atoms with E-state index in [2.05, 4.69) is 18.2 Å². The van der Waals surface area contributed by atoms with Crippen LogP contribution in [0.15, 0.2) is 97.1 Å². The number of fused-ring (bicyclic) bond motifs is 1. The van der Waals surface area contributed by atoms with Gasteiger partial charge in [0.1, 0.15) is 12.9 Å². The lowest BCUT2D eigenvalue weighted by Crippen LogP contribution is -2.18. The average molecular weight is 372 g/mol. The van der Waals surface area contributed by atoms with E-state index in [-0.39, 0.29) is 0 Å². The van der Waals surface area contributed by atoms with E-state index in [1.54, 1.807) is 7.11 Å². The third-order valence-electron chi connectivity index (χ3n) is 4.89. The van der Waals surface area contributed by atoms with Crippen LogP contribution in [-0.2, 0) is 10.7 Å². The van der Waals surface area contributed by atoms with Crippen molar-refractivity contribution in [1.29, 1.82) is 0 Å². The lowest BCUT2D eigenvalue weighted by molar-refractivity contribution is 0.414. The minimum Gasteiger partial charge on any atom is -0.497 e. The fourth-order valence-electron chi connectivity index (χ4n) is 3.50. The largest absolute Gasteiger partial charge is 0.497 e. The van der Waals surface area contributed by atoms with Crippen LogP contribution in [0.3, 0.4) is 0 Å². The van der Waals surface area contributed by atoms with Crippen molar-refractivity contribution in [3.05, 3.63) is 103 Å². The molecule has 4 rings (SSSR count). The third-order valence-corrected chi connectivity index (χ3v) is 8.00. The molecule has 0 fully saturated rings. The highest BCUT2D eigenvalue weighted by atomic mass is 31.2. The zero-order valence-electron chi connectivity index (χ0n) is 15.2. The minimum absolute atomic E-state index is 0.481. The Hall–Kier alpha value is -2.83. The van der Waals surface area contributed by atoms with E-state index in [1.807, 2.05) is 78.9 Å². The highest BCUT2D eigenvalue weighted by Crippen LogP contribution is 2.48. The lowest BCUT2D eigenvalue weighted by atomic mass is 10.1. The highest BCUT2D eigenvalue weighted by Gasteiger charge is 2.29. The molecule has 0 aliphatic heterocycles.